The zero-order chi connectivity index (χ0) is 22.5. The van der Waals surface area contributed by atoms with Crippen molar-refractivity contribution in [1.29, 1.82) is 0 Å². The highest BCUT2D eigenvalue weighted by molar-refractivity contribution is 5.78. The molecule has 1 aromatic heterocycles. The van der Waals surface area contributed by atoms with Gasteiger partial charge in [-0.25, -0.2) is 14.4 Å². The van der Waals surface area contributed by atoms with Crippen LogP contribution in [0.4, 0.5) is 10.3 Å². The number of benzene rings is 2. The molecule has 1 amide bonds. The lowest BCUT2D eigenvalue weighted by atomic mass is 9.99. The molecule has 2 aromatic carbocycles. The molecule has 4 rings (SSSR count). The van der Waals surface area contributed by atoms with Crippen molar-refractivity contribution >= 4 is 11.9 Å². The number of amides is 1. The zero-order valence-electron chi connectivity index (χ0n) is 18.7. The van der Waals surface area contributed by atoms with Gasteiger partial charge in [-0.1, -0.05) is 42.5 Å². The van der Waals surface area contributed by atoms with Crippen molar-refractivity contribution in [3.8, 4) is 11.1 Å². The number of aryl methyl sites for hydroxylation is 1. The predicted molar refractivity (Wildman–Crippen MR) is 125 cm³/mol. The Morgan fingerprint density at radius 1 is 1.12 bits per heavy atom. The quantitative estimate of drug-likeness (QED) is 0.525. The van der Waals surface area contributed by atoms with E-state index in [0.717, 1.165) is 54.6 Å². The minimum absolute atomic E-state index is 0.0507. The third-order valence-corrected chi connectivity index (χ3v) is 5.95. The fourth-order valence-electron chi connectivity index (χ4n) is 4.28. The van der Waals surface area contributed by atoms with Gasteiger partial charge in [0.1, 0.15) is 5.82 Å². The second-order valence-corrected chi connectivity index (χ2v) is 8.45. The average Bonchev–Trinajstić information content (AvgIpc) is 3.30. The molecule has 6 heteroatoms. The molecule has 0 bridgehead atoms. The van der Waals surface area contributed by atoms with Gasteiger partial charge in [0.15, 0.2) is 0 Å². The van der Waals surface area contributed by atoms with Crippen LogP contribution in [0.3, 0.4) is 0 Å². The van der Waals surface area contributed by atoms with Crippen LogP contribution in [-0.4, -0.2) is 41.4 Å². The Labute approximate surface area is 188 Å². The lowest BCUT2D eigenvalue weighted by Crippen LogP contribution is -2.31. The molecule has 0 unspecified atom stereocenters. The highest BCUT2D eigenvalue weighted by Gasteiger charge is 2.33. The van der Waals surface area contributed by atoms with E-state index in [2.05, 4.69) is 17.1 Å². The van der Waals surface area contributed by atoms with E-state index < -0.39 is 0 Å². The zero-order valence-corrected chi connectivity index (χ0v) is 18.7. The standard InChI is InChI=1S/C26H29FN4O/c1-30(2)26-28-18-22(20-9-4-3-5-10-20)25(29-26)23-11-7-17-31(23)24(32)12-6-8-19-13-15-21(27)16-14-19/h3-5,9-10,13-16,18,23H,6-8,11-12,17H2,1-2H3/t23-/m0/s1. The van der Waals surface area contributed by atoms with E-state index >= 15 is 0 Å². The molecule has 0 radical (unpaired) electrons. The van der Waals surface area contributed by atoms with Crippen molar-refractivity contribution < 1.29 is 9.18 Å². The van der Waals surface area contributed by atoms with Gasteiger partial charge in [-0.2, -0.15) is 0 Å². The van der Waals surface area contributed by atoms with Gasteiger partial charge in [0.05, 0.1) is 11.7 Å². The van der Waals surface area contributed by atoms with E-state index in [9.17, 15) is 9.18 Å². The smallest absolute Gasteiger partial charge is 0.225 e. The first-order valence-corrected chi connectivity index (χ1v) is 11.2. The van der Waals surface area contributed by atoms with E-state index in [4.69, 9.17) is 4.98 Å². The summed E-state index contributed by atoms with van der Waals surface area (Å²) in [6.45, 7) is 0.746. The molecule has 1 aliphatic heterocycles. The van der Waals surface area contributed by atoms with Crippen molar-refractivity contribution in [3.05, 3.63) is 77.9 Å². The minimum Gasteiger partial charge on any atom is -0.347 e. The van der Waals surface area contributed by atoms with Crippen LogP contribution in [0.25, 0.3) is 11.1 Å². The maximum atomic E-state index is 13.2. The number of carbonyl (C=O) groups excluding carboxylic acids is 1. The number of anilines is 1. The van der Waals surface area contributed by atoms with Crippen molar-refractivity contribution in [3.63, 3.8) is 0 Å². The Balaban J connectivity index is 1.53. The van der Waals surface area contributed by atoms with Gasteiger partial charge in [-0.15, -0.1) is 0 Å². The van der Waals surface area contributed by atoms with Crippen molar-refractivity contribution in [1.82, 2.24) is 14.9 Å². The fraction of sp³-hybridized carbons (Fsp3) is 0.346. The van der Waals surface area contributed by atoms with E-state index in [1.165, 1.54) is 12.1 Å². The van der Waals surface area contributed by atoms with Crippen LogP contribution in [0.2, 0.25) is 0 Å². The monoisotopic (exact) mass is 432 g/mol. The third kappa shape index (κ3) is 4.96. The molecule has 5 nitrogen and oxygen atoms in total. The van der Waals surface area contributed by atoms with E-state index in [0.29, 0.717) is 12.4 Å². The number of hydrogen-bond acceptors (Lipinski definition) is 4. The molecule has 0 aliphatic carbocycles. The lowest BCUT2D eigenvalue weighted by molar-refractivity contribution is -0.132. The van der Waals surface area contributed by atoms with Crippen LogP contribution < -0.4 is 4.90 Å². The summed E-state index contributed by atoms with van der Waals surface area (Å²) in [5.41, 5.74) is 4.00. The van der Waals surface area contributed by atoms with E-state index in [1.54, 1.807) is 12.1 Å². The molecule has 0 spiro atoms. The summed E-state index contributed by atoms with van der Waals surface area (Å²) >= 11 is 0. The largest absolute Gasteiger partial charge is 0.347 e. The van der Waals surface area contributed by atoms with Gasteiger partial charge < -0.3 is 9.80 Å². The minimum atomic E-state index is -0.235. The highest BCUT2D eigenvalue weighted by Crippen LogP contribution is 2.37. The topological polar surface area (TPSA) is 49.3 Å². The molecule has 1 saturated heterocycles. The molecule has 3 aromatic rings. The van der Waals surface area contributed by atoms with Crippen LogP contribution in [0.1, 0.15) is 43.0 Å². The Kier molecular flexibility index (Phi) is 6.78. The third-order valence-electron chi connectivity index (χ3n) is 5.95. The highest BCUT2D eigenvalue weighted by atomic mass is 19.1. The average molecular weight is 433 g/mol. The van der Waals surface area contributed by atoms with Gasteiger partial charge >= 0.3 is 0 Å². The molecular weight excluding hydrogens is 403 g/mol. The normalized spacial score (nSPS) is 15.7. The number of likely N-dealkylation sites (tertiary alicyclic amines) is 1. The van der Waals surface area contributed by atoms with Crippen molar-refractivity contribution in [2.24, 2.45) is 0 Å². The van der Waals surface area contributed by atoms with Crippen molar-refractivity contribution in [2.45, 2.75) is 38.1 Å². The van der Waals surface area contributed by atoms with Crippen LogP contribution in [-0.2, 0) is 11.2 Å². The summed E-state index contributed by atoms with van der Waals surface area (Å²) in [6.07, 6.45) is 5.71. The summed E-state index contributed by atoms with van der Waals surface area (Å²) in [4.78, 5) is 26.4. The maximum Gasteiger partial charge on any atom is 0.225 e. The first kappa shape index (κ1) is 21.9. The van der Waals surface area contributed by atoms with Gasteiger partial charge in [-0.05, 0) is 48.9 Å². The van der Waals surface area contributed by atoms with Crippen LogP contribution in [0.5, 0.6) is 0 Å². The first-order valence-electron chi connectivity index (χ1n) is 11.2. The first-order chi connectivity index (χ1) is 15.5. The fourth-order valence-corrected chi connectivity index (χ4v) is 4.28. The Morgan fingerprint density at radius 3 is 2.59 bits per heavy atom. The Bertz CT molecular complexity index is 1050. The van der Waals surface area contributed by atoms with E-state index in [1.807, 2.05) is 48.3 Å². The summed E-state index contributed by atoms with van der Waals surface area (Å²) in [5, 5.41) is 0. The van der Waals surface area contributed by atoms with Gasteiger partial charge in [-0.3, -0.25) is 4.79 Å². The van der Waals surface area contributed by atoms with E-state index in [-0.39, 0.29) is 17.8 Å². The van der Waals surface area contributed by atoms with Crippen LogP contribution in [0.15, 0.2) is 60.8 Å². The summed E-state index contributed by atoms with van der Waals surface area (Å²) in [5.74, 6) is 0.565. The molecule has 0 saturated carbocycles. The second-order valence-electron chi connectivity index (χ2n) is 8.45. The van der Waals surface area contributed by atoms with Crippen LogP contribution >= 0.6 is 0 Å². The number of halogens is 1. The van der Waals surface area contributed by atoms with Gasteiger partial charge in [0.2, 0.25) is 11.9 Å². The molecule has 1 fully saturated rings. The molecule has 0 N–H and O–H groups in total. The molecule has 32 heavy (non-hydrogen) atoms. The number of carbonyl (C=O) groups is 1. The maximum absolute atomic E-state index is 13.2. The molecular formula is C26H29FN4O. The number of hydrogen-bond donors (Lipinski definition) is 0. The molecule has 2 heterocycles. The van der Waals surface area contributed by atoms with Gasteiger partial charge in [0, 0.05) is 38.8 Å². The predicted octanol–water partition coefficient (Wildman–Crippen LogP) is 5.04. The Morgan fingerprint density at radius 2 is 1.88 bits per heavy atom. The van der Waals surface area contributed by atoms with Crippen molar-refractivity contribution in [2.75, 3.05) is 25.5 Å². The van der Waals surface area contributed by atoms with Gasteiger partial charge in [0.25, 0.3) is 0 Å². The lowest BCUT2D eigenvalue weighted by Gasteiger charge is -2.27. The molecule has 1 aliphatic rings. The molecule has 166 valence electrons. The number of rotatable bonds is 7. The second kappa shape index (κ2) is 9.90. The Hall–Kier alpha value is -3.28. The van der Waals surface area contributed by atoms with Crippen LogP contribution in [0, 0.1) is 5.82 Å². The SMILES string of the molecule is CN(C)c1ncc(-c2ccccc2)c([C@@H]2CCCN2C(=O)CCCc2ccc(F)cc2)n1. The number of nitrogens with zero attached hydrogens (tertiary/aromatic N) is 4. The summed E-state index contributed by atoms with van der Waals surface area (Å²) in [7, 11) is 3.85. The molecule has 1 atom stereocenters. The summed E-state index contributed by atoms with van der Waals surface area (Å²) < 4.78 is 13.1. The summed E-state index contributed by atoms with van der Waals surface area (Å²) in [6, 6.07) is 16.6. The number of aromatic nitrogens is 2.